The number of Topliss-reactive ketones (excluding diaryl/α,β-unsaturated/α-hetero) is 1. The maximum absolute atomic E-state index is 11.8. The lowest BCUT2D eigenvalue weighted by atomic mass is 9.94. The minimum absolute atomic E-state index is 0.0655. The fraction of sp³-hybridized carbons (Fsp3) is 0.417. The first-order chi connectivity index (χ1) is 7.00. The van der Waals surface area contributed by atoms with Crippen molar-refractivity contribution in [3.8, 4) is 0 Å². The summed E-state index contributed by atoms with van der Waals surface area (Å²) in [4.78, 5) is 11.8. The van der Waals surface area contributed by atoms with Gasteiger partial charge in [-0.3, -0.25) is 4.79 Å². The largest absolute Gasteiger partial charge is 0.327 e. The molecule has 0 spiro atoms. The van der Waals surface area contributed by atoms with Crippen LogP contribution in [0.1, 0.15) is 19.4 Å². The SMILES string of the molecule is CC(N)C(C)C(=O)Cc1ccc(I)cc1. The van der Waals surface area contributed by atoms with E-state index in [0.29, 0.717) is 6.42 Å². The molecule has 0 radical (unpaired) electrons. The standard InChI is InChI=1S/C12H16INO/c1-8(9(2)14)12(15)7-10-3-5-11(13)6-4-10/h3-6,8-9H,7,14H2,1-2H3. The van der Waals surface area contributed by atoms with Crippen LogP contribution in [-0.2, 0) is 11.2 Å². The minimum Gasteiger partial charge on any atom is -0.327 e. The van der Waals surface area contributed by atoms with Crippen molar-refractivity contribution in [2.45, 2.75) is 26.3 Å². The van der Waals surface area contributed by atoms with E-state index in [1.54, 1.807) is 0 Å². The second-order valence-corrected chi connectivity index (χ2v) is 5.16. The van der Waals surface area contributed by atoms with Crippen molar-refractivity contribution in [3.05, 3.63) is 33.4 Å². The number of ketones is 1. The van der Waals surface area contributed by atoms with Crippen molar-refractivity contribution in [3.63, 3.8) is 0 Å². The molecule has 2 N–H and O–H groups in total. The fourth-order valence-electron chi connectivity index (χ4n) is 1.26. The van der Waals surface area contributed by atoms with Crippen LogP contribution in [0.2, 0.25) is 0 Å². The Labute approximate surface area is 104 Å². The summed E-state index contributed by atoms with van der Waals surface area (Å²) in [6.45, 7) is 3.76. The first-order valence-electron chi connectivity index (χ1n) is 5.03. The third-order valence-electron chi connectivity index (χ3n) is 2.59. The van der Waals surface area contributed by atoms with Gasteiger partial charge in [-0.25, -0.2) is 0 Å². The highest BCUT2D eigenvalue weighted by atomic mass is 127. The Morgan fingerprint density at radius 1 is 1.33 bits per heavy atom. The Morgan fingerprint density at radius 3 is 2.33 bits per heavy atom. The van der Waals surface area contributed by atoms with Crippen molar-refractivity contribution in [1.82, 2.24) is 0 Å². The highest BCUT2D eigenvalue weighted by Gasteiger charge is 2.16. The van der Waals surface area contributed by atoms with Gasteiger partial charge in [0.2, 0.25) is 0 Å². The first kappa shape index (κ1) is 12.6. The lowest BCUT2D eigenvalue weighted by molar-refractivity contribution is -0.122. The van der Waals surface area contributed by atoms with Crippen LogP contribution >= 0.6 is 22.6 Å². The summed E-state index contributed by atoms with van der Waals surface area (Å²) in [6.07, 6.45) is 0.486. The maximum Gasteiger partial charge on any atom is 0.141 e. The zero-order valence-corrected chi connectivity index (χ0v) is 11.2. The van der Waals surface area contributed by atoms with Gasteiger partial charge < -0.3 is 5.73 Å². The van der Waals surface area contributed by atoms with Gasteiger partial charge in [0.1, 0.15) is 5.78 Å². The van der Waals surface area contributed by atoms with Gasteiger partial charge in [0.15, 0.2) is 0 Å². The number of halogens is 1. The van der Waals surface area contributed by atoms with E-state index in [2.05, 4.69) is 22.6 Å². The molecule has 2 nitrogen and oxygen atoms in total. The summed E-state index contributed by atoms with van der Waals surface area (Å²) in [6, 6.07) is 7.95. The number of carbonyl (C=O) groups excluding carboxylic acids is 1. The smallest absolute Gasteiger partial charge is 0.141 e. The summed E-state index contributed by atoms with van der Waals surface area (Å²) < 4.78 is 1.18. The van der Waals surface area contributed by atoms with Crippen molar-refractivity contribution in [2.24, 2.45) is 11.7 Å². The average Bonchev–Trinajstić information content (AvgIpc) is 2.20. The van der Waals surface area contributed by atoms with Crippen LogP contribution < -0.4 is 5.73 Å². The topological polar surface area (TPSA) is 43.1 Å². The number of rotatable bonds is 4. The number of benzene rings is 1. The van der Waals surface area contributed by atoms with Gasteiger partial charge in [-0.2, -0.15) is 0 Å². The highest BCUT2D eigenvalue weighted by molar-refractivity contribution is 14.1. The van der Waals surface area contributed by atoms with E-state index in [0.717, 1.165) is 5.56 Å². The van der Waals surface area contributed by atoms with Crippen LogP contribution in [0.5, 0.6) is 0 Å². The molecule has 0 fully saturated rings. The van der Waals surface area contributed by atoms with E-state index in [1.165, 1.54) is 3.57 Å². The average molecular weight is 317 g/mol. The van der Waals surface area contributed by atoms with Gasteiger partial charge in [-0.15, -0.1) is 0 Å². The van der Waals surface area contributed by atoms with Crippen molar-refractivity contribution < 1.29 is 4.79 Å². The Kier molecular flexibility index (Phi) is 4.73. The van der Waals surface area contributed by atoms with E-state index >= 15 is 0 Å². The predicted molar refractivity (Wildman–Crippen MR) is 70.7 cm³/mol. The molecule has 1 aromatic rings. The summed E-state index contributed by atoms with van der Waals surface area (Å²) in [5.41, 5.74) is 6.76. The summed E-state index contributed by atoms with van der Waals surface area (Å²) >= 11 is 2.25. The first-order valence-corrected chi connectivity index (χ1v) is 6.11. The van der Waals surface area contributed by atoms with Crippen molar-refractivity contribution >= 4 is 28.4 Å². The molecule has 1 aromatic carbocycles. The molecule has 0 bridgehead atoms. The van der Waals surface area contributed by atoms with Gasteiger partial charge in [-0.05, 0) is 47.2 Å². The van der Waals surface area contributed by atoms with Crippen LogP contribution in [0.4, 0.5) is 0 Å². The van der Waals surface area contributed by atoms with E-state index in [-0.39, 0.29) is 17.7 Å². The Morgan fingerprint density at radius 2 is 1.87 bits per heavy atom. The molecule has 82 valence electrons. The van der Waals surface area contributed by atoms with E-state index in [1.807, 2.05) is 38.1 Å². The molecule has 2 unspecified atom stereocenters. The van der Waals surface area contributed by atoms with E-state index < -0.39 is 0 Å². The summed E-state index contributed by atoms with van der Waals surface area (Å²) in [5, 5.41) is 0. The lowest BCUT2D eigenvalue weighted by Crippen LogP contribution is -2.31. The molecule has 0 heterocycles. The van der Waals surface area contributed by atoms with Crippen LogP contribution in [0.25, 0.3) is 0 Å². The third-order valence-corrected chi connectivity index (χ3v) is 3.31. The molecule has 0 aliphatic heterocycles. The van der Waals surface area contributed by atoms with Crippen LogP contribution in [0.3, 0.4) is 0 Å². The number of hydrogen-bond acceptors (Lipinski definition) is 2. The molecule has 0 aromatic heterocycles. The fourth-order valence-corrected chi connectivity index (χ4v) is 1.62. The lowest BCUT2D eigenvalue weighted by Gasteiger charge is -2.13. The zero-order chi connectivity index (χ0) is 11.4. The molecular formula is C12H16INO. The maximum atomic E-state index is 11.8. The minimum atomic E-state index is -0.0682. The normalized spacial score (nSPS) is 14.7. The second-order valence-electron chi connectivity index (χ2n) is 3.92. The van der Waals surface area contributed by atoms with Crippen LogP contribution in [0.15, 0.2) is 24.3 Å². The highest BCUT2D eigenvalue weighted by Crippen LogP contribution is 2.11. The zero-order valence-electron chi connectivity index (χ0n) is 9.03. The molecule has 0 aliphatic carbocycles. The van der Waals surface area contributed by atoms with Crippen LogP contribution in [0, 0.1) is 9.49 Å². The van der Waals surface area contributed by atoms with Gasteiger partial charge in [0, 0.05) is 22.0 Å². The number of nitrogens with two attached hydrogens (primary N) is 1. The molecule has 0 saturated carbocycles. The molecule has 2 atom stereocenters. The Bertz CT molecular complexity index is 332. The monoisotopic (exact) mass is 317 g/mol. The molecule has 1 rings (SSSR count). The van der Waals surface area contributed by atoms with Gasteiger partial charge >= 0.3 is 0 Å². The number of carbonyl (C=O) groups is 1. The molecule has 0 saturated heterocycles. The predicted octanol–water partition coefficient (Wildman–Crippen LogP) is 2.39. The van der Waals surface area contributed by atoms with E-state index in [9.17, 15) is 4.79 Å². The third kappa shape index (κ3) is 3.91. The second kappa shape index (κ2) is 5.61. The number of hydrogen-bond donors (Lipinski definition) is 1. The molecular weight excluding hydrogens is 301 g/mol. The molecule has 3 heteroatoms. The molecule has 15 heavy (non-hydrogen) atoms. The summed E-state index contributed by atoms with van der Waals surface area (Å²) in [5.74, 6) is 0.149. The van der Waals surface area contributed by atoms with Crippen LogP contribution in [-0.4, -0.2) is 11.8 Å². The van der Waals surface area contributed by atoms with Gasteiger partial charge in [0.05, 0.1) is 0 Å². The Balaban J connectivity index is 2.62. The molecule has 0 amide bonds. The van der Waals surface area contributed by atoms with Gasteiger partial charge in [0.25, 0.3) is 0 Å². The van der Waals surface area contributed by atoms with Crippen molar-refractivity contribution in [1.29, 1.82) is 0 Å². The van der Waals surface area contributed by atoms with E-state index in [4.69, 9.17) is 5.73 Å². The van der Waals surface area contributed by atoms with Crippen molar-refractivity contribution in [2.75, 3.05) is 0 Å². The Hall–Kier alpha value is -0.420. The van der Waals surface area contributed by atoms with Gasteiger partial charge in [-0.1, -0.05) is 19.1 Å². The quantitative estimate of drug-likeness (QED) is 0.867. The molecule has 0 aliphatic rings. The summed E-state index contributed by atoms with van der Waals surface area (Å²) in [7, 11) is 0.